The maximum Gasteiger partial charge on any atom is 0.427 e. The van der Waals surface area contributed by atoms with Crippen LogP contribution in [0.4, 0.5) is 4.79 Å². The van der Waals surface area contributed by atoms with Crippen LogP contribution < -0.4 is 10.1 Å². The lowest BCUT2D eigenvalue weighted by Gasteiger charge is -2.07. The van der Waals surface area contributed by atoms with Crippen LogP contribution in [0.25, 0.3) is 0 Å². The van der Waals surface area contributed by atoms with Crippen molar-refractivity contribution in [3.63, 3.8) is 0 Å². The number of furan rings is 1. The number of nitrogens with zero attached hydrogens (tertiary/aromatic N) is 1. The largest absolute Gasteiger partial charge is 0.468 e. The highest BCUT2D eigenvalue weighted by Crippen LogP contribution is 2.12. The van der Waals surface area contributed by atoms with E-state index in [0.29, 0.717) is 17.0 Å². The Morgan fingerprint density at radius 3 is 2.56 bits per heavy atom. The predicted molar refractivity (Wildman–Crippen MR) is 91.5 cm³/mol. The summed E-state index contributed by atoms with van der Waals surface area (Å²) >= 11 is 0. The second kappa shape index (κ2) is 8.45. The van der Waals surface area contributed by atoms with Crippen molar-refractivity contribution in [2.45, 2.75) is 25.3 Å². The summed E-state index contributed by atoms with van der Waals surface area (Å²) in [5.41, 5.74) is 3.43. The van der Waals surface area contributed by atoms with Gasteiger partial charge in [-0.05, 0) is 43.7 Å². The van der Waals surface area contributed by atoms with Crippen LogP contribution in [0, 0.1) is 0 Å². The number of benzene rings is 1. The Hall–Kier alpha value is -2.65. The zero-order valence-electron chi connectivity index (χ0n) is 13.9. The third-order valence-electron chi connectivity index (χ3n) is 3.19. The number of carbonyl (C=O) groups excluding carboxylic acids is 1. The predicted octanol–water partition coefficient (Wildman–Crippen LogP) is 2.23. The van der Waals surface area contributed by atoms with Crippen LogP contribution in [0.5, 0.6) is 0 Å². The molecular formula is C16H19N3O5S. The van der Waals surface area contributed by atoms with Crippen molar-refractivity contribution < 1.29 is 22.4 Å². The van der Waals surface area contributed by atoms with Gasteiger partial charge in [-0.3, -0.25) is 0 Å². The highest BCUT2D eigenvalue weighted by atomic mass is 32.2. The number of nitrogens with one attached hydrogen (secondary N) is 2. The summed E-state index contributed by atoms with van der Waals surface area (Å²) in [6.45, 7) is 3.69. The molecule has 2 aromatic rings. The first kappa shape index (κ1) is 18.7. The maximum atomic E-state index is 12.2. The highest BCUT2D eigenvalue weighted by Gasteiger charge is 2.14. The Bertz CT molecular complexity index is 827. The Kier molecular flexibility index (Phi) is 6.31. The minimum Gasteiger partial charge on any atom is -0.468 e. The fourth-order valence-corrected chi connectivity index (χ4v) is 2.89. The molecule has 0 aliphatic rings. The van der Waals surface area contributed by atoms with Crippen molar-refractivity contribution in [2.75, 3.05) is 6.61 Å². The summed E-state index contributed by atoms with van der Waals surface area (Å²) in [7, 11) is -3.65. The molecule has 0 aliphatic heterocycles. The van der Waals surface area contributed by atoms with E-state index in [1.165, 1.54) is 18.4 Å². The molecule has 2 rings (SSSR count). The van der Waals surface area contributed by atoms with Gasteiger partial charge in [0, 0.05) is 0 Å². The normalized spacial score (nSPS) is 12.0. The number of carbonyl (C=O) groups is 1. The van der Waals surface area contributed by atoms with E-state index in [0.717, 1.165) is 0 Å². The Morgan fingerprint density at radius 1 is 1.24 bits per heavy atom. The number of hydrogen-bond donors (Lipinski definition) is 2. The molecule has 0 aliphatic carbocycles. The van der Waals surface area contributed by atoms with Gasteiger partial charge >= 0.3 is 6.09 Å². The molecule has 1 amide bonds. The number of hydrazone groups is 1. The summed E-state index contributed by atoms with van der Waals surface area (Å²) in [5, 5.41) is 3.89. The van der Waals surface area contributed by atoms with Gasteiger partial charge in [0.15, 0.2) is 0 Å². The second-order valence-electron chi connectivity index (χ2n) is 4.96. The quantitative estimate of drug-likeness (QED) is 0.577. The van der Waals surface area contributed by atoms with E-state index >= 15 is 0 Å². The molecule has 0 saturated heterocycles. The minimum atomic E-state index is -3.65. The van der Waals surface area contributed by atoms with E-state index < -0.39 is 16.1 Å². The highest BCUT2D eigenvalue weighted by molar-refractivity contribution is 7.89. The average molecular weight is 365 g/mol. The van der Waals surface area contributed by atoms with Gasteiger partial charge in [0.05, 0.1) is 30.0 Å². The molecule has 0 bridgehead atoms. The Balaban J connectivity index is 2.02. The smallest absolute Gasteiger partial charge is 0.427 e. The lowest BCUT2D eigenvalue weighted by molar-refractivity contribution is 0.152. The average Bonchev–Trinajstić information content (AvgIpc) is 3.12. The molecule has 1 heterocycles. The number of hydrogen-bond acceptors (Lipinski definition) is 6. The summed E-state index contributed by atoms with van der Waals surface area (Å²) in [4.78, 5) is 11.3. The first-order valence-electron chi connectivity index (χ1n) is 7.52. The molecule has 0 saturated carbocycles. The van der Waals surface area contributed by atoms with Crippen molar-refractivity contribution in [2.24, 2.45) is 5.10 Å². The molecule has 1 aromatic heterocycles. The number of ether oxygens (including phenoxy) is 1. The Labute approximate surface area is 145 Å². The first-order chi connectivity index (χ1) is 11.9. The standard InChI is InChI=1S/C16H19N3O5S/c1-3-23-16(20)19-18-12(2)13-6-8-15(9-7-13)25(21,22)17-11-14-5-4-10-24-14/h4-10,17H,3,11H2,1-2H3,(H,19,20). The summed E-state index contributed by atoms with van der Waals surface area (Å²) in [6, 6.07) is 9.50. The van der Waals surface area contributed by atoms with Gasteiger partial charge in [-0.25, -0.2) is 23.4 Å². The molecule has 25 heavy (non-hydrogen) atoms. The van der Waals surface area contributed by atoms with Gasteiger partial charge in [-0.15, -0.1) is 0 Å². The second-order valence-corrected chi connectivity index (χ2v) is 6.72. The number of rotatable bonds is 7. The fraction of sp³-hybridized carbons (Fsp3) is 0.250. The third-order valence-corrected chi connectivity index (χ3v) is 4.61. The van der Waals surface area contributed by atoms with E-state index in [9.17, 15) is 13.2 Å². The van der Waals surface area contributed by atoms with Crippen LogP contribution >= 0.6 is 0 Å². The fourth-order valence-electron chi connectivity index (χ4n) is 1.90. The van der Waals surface area contributed by atoms with E-state index in [1.807, 2.05) is 0 Å². The topological polar surface area (TPSA) is 110 Å². The molecule has 0 unspecified atom stereocenters. The van der Waals surface area contributed by atoms with Gasteiger partial charge in [0.2, 0.25) is 10.0 Å². The first-order valence-corrected chi connectivity index (χ1v) is 9.00. The molecule has 9 heteroatoms. The van der Waals surface area contributed by atoms with Gasteiger partial charge in [-0.2, -0.15) is 5.10 Å². The molecule has 1 aromatic carbocycles. The lowest BCUT2D eigenvalue weighted by Crippen LogP contribution is -2.23. The summed E-state index contributed by atoms with van der Waals surface area (Å²) < 4.78 is 36.7. The molecule has 8 nitrogen and oxygen atoms in total. The van der Waals surface area contributed by atoms with Gasteiger partial charge in [0.25, 0.3) is 0 Å². The SMILES string of the molecule is CCOC(=O)NN=C(C)c1ccc(S(=O)(=O)NCc2ccco2)cc1. The van der Waals surface area contributed by atoms with Crippen molar-refractivity contribution in [1.82, 2.24) is 10.1 Å². The van der Waals surface area contributed by atoms with Crippen LogP contribution in [0.15, 0.2) is 57.1 Å². The molecule has 0 radical (unpaired) electrons. The van der Waals surface area contributed by atoms with Crippen molar-refractivity contribution in [3.8, 4) is 0 Å². The summed E-state index contributed by atoms with van der Waals surface area (Å²) in [6.07, 6.45) is 0.827. The van der Waals surface area contributed by atoms with Crippen molar-refractivity contribution in [3.05, 3.63) is 54.0 Å². The lowest BCUT2D eigenvalue weighted by atomic mass is 10.1. The molecule has 134 valence electrons. The Morgan fingerprint density at radius 2 is 1.96 bits per heavy atom. The van der Waals surface area contributed by atoms with Crippen molar-refractivity contribution in [1.29, 1.82) is 0 Å². The van der Waals surface area contributed by atoms with Gasteiger partial charge < -0.3 is 9.15 Å². The number of amides is 1. The van der Waals surface area contributed by atoms with Crippen LogP contribution in [-0.4, -0.2) is 26.8 Å². The zero-order chi connectivity index (χ0) is 18.3. The third kappa shape index (κ3) is 5.44. The van der Waals surface area contributed by atoms with Crippen LogP contribution in [-0.2, 0) is 21.3 Å². The van der Waals surface area contributed by atoms with Gasteiger partial charge in [-0.1, -0.05) is 12.1 Å². The minimum absolute atomic E-state index is 0.0705. The monoisotopic (exact) mass is 365 g/mol. The van der Waals surface area contributed by atoms with E-state index in [-0.39, 0.29) is 18.0 Å². The molecule has 0 fully saturated rings. The van der Waals surface area contributed by atoms with E-state index in [4.69, 9.17) is 9.15 Å². The van der Waals surface area contributed by atoms with Crippen LogP contribution in [0.2, 0.25) is 0 Å². The van der Waals surface area contributed by atoms with E-state index in [1.54, 1.807) is 38.1 Å². The van der Waals surface area contributed by atoms with Crippen LogP contribution in [0.3, 0.4) is 0 Å². The molecule has 2 N–H and O–H groups in total. The van der Waals surface area contributed by atoms with Crippen LogP contribution in [0.1, 0.15) is 25.2 Å². The summed E-state index contributed by atoms with van der Waals surface area (Å²) in [5.74, 6) is 0.521. The van der Waals surface area contributed by atoms with E-state index in [2.05, 4.69) is 15.2 Å². The molecular weight excluding hydrogens is 346 g/mol. The number of sulfonamides is 1. The maximum absolute atomic E-state index is 12.2. The molecule has 0 spiro atoms. The van der Waals surface area contributed by atoms with Crippen molar-refractivity contribution >= 4 is 21.8 Å². The van der Waals surface area contributed by atoms with Gasteiger partial charge in [0.1, 0.15) is 5.76 Å². The zero-order valence-corrected chi connectivity index (χ0v) is 14.7. The molecule has 0 atom stereocenters.